The van der Waals surface area contributed by atoms with Gasteiger partial charge in [0.2, 0.25) is 5.91 Å². The molecule has 3 aliphatic carbocycles. The average Bonchev–Trinajstić information content (AvgIpc) is 3.40. The van der Waals surface area contributed by atoms with Crippen LogP contribution in [0.4, 0.5) is 0 Å². The Morgan fingerprint density at radius 3 is 2.36 bits per heavy atom. The summed E-state index contributed by atoms with van der Waals surface area (Å²) in [5.74, 6) is 0.983. The first-order chi connectivity index (χ1) is 12.1. The molecule has 3 aliphatic rings. The van der Waals surface area contributed by atoms with E-state index in [9.17, 15) is 9.59 Å². The van der Waals surface area contributed by atoms with E-state index in [4.69, 9.17) is 0 Å². The van der Waals surface area contributed by atoms with Crippen molar-refractivity contribution in [1.82, 2.24) is 9.47 Å². The zero-order valence-electron chi connectivity index (χ0n) is 15.3. The van der Waals surface area contributed by atoms with Crippen molar-refractivity contribution in [3.05, 3.63) is 20.2 Å². The molecule has 4 rings (SSSR count). The van der Waals surface area contributed by atoms with Gasteiger partial charge in [-0.2, -0.15) is 0 Å². The fourth-order valence-corrected chi connectivity index (χ4v) is 5.73. The Morgan fingerprint density at radius 2 is 1.68 bits per heavy atom. The lowest BCUT2D eigenvalue weighted by atomic mass is 9.86. The van der Waals surface area contributed by atoms with Crippen molar-refractivity contribution in [1.29, 1.82) is 0 Å². The fourth-order valence-electron chi connectivity index (χ4n) is 4.66. The predicted molar refractivity (Wildman–Crippen MR) is 101 cm³/mol. The number of aryl methyl sites for hydroxylation is 1. The van der Waals surface area contributed by atoms with E-state index < -0.39 is 0 Å². The second-order valence-corrected chi connectivity index (χ2v) is 9.38. The largest absolute Gasteiger partial charge is 0.335 e. The van der Waals surface area contributed by atoms with Crippen LogP contribution < -0.4 is 4.87 Å². The van der Waals surface area contributed by atoms with E-state index in [1.165, 1.54) is 41.9 Å². The van der Waals surface area contributed by atoms with E-state index >= 15 is 0 Å². The lowest BCUT2D eigenvalue weighted by Gasteiger charge is -2.36. The molecule has 0 bridgehead atoms. The van der Waals surface area contributed by atoms with Crippen molar-refractivity contribution in [2.45, 2.75) is 96.2 Å². The van der Waals surface area contributed by atoms with Gasteiger partial charge in [0.25, 0.3) is 0 Å². The summed E-state index contributed by atoms with van der Waals surface area (Å²) in [5.41, 5.74) is 1.16. The number of carbonyl (C=O) groups is 1. The third-order valence-corrected chi connectivity index (χ3v) is 7.38. The van der Waals surface area contributed by atoms with Crippen LogP contribution in [0.1, 0.15) is 75.3 Å². The number of hydrogen-bond donors (Lipinski definition) is 0. The summed E-state index contributed by atoms with van der Waals surface area (Å²) in [4.78, 5) is 29.2. The summed E-state index contributed by atoms with van der Waals surface area (Å²) in [6, 6.07) is 0.850. The predicted octanol–water partition coefficient (Wildman–Crippen LogP) is 3.75. The zero-order valence-corrected chi connectivity index (χ0v) is 16.2. The van der Waals surface area contributed by atoms with E-state index in [-0.39, 0.29) is 17.3 Å². The van der Waals surface area contributed by atoms with Crippen LogP contribution in [-0.4, -0.2) is 27.5 Å². The quantitative estimate of drug-likeness (QED) is 0.766. The summed E-state index contributed by atoms with van der Waals surface area (Å²) in [7, 11) is 0. The number of nitrogens with zero attached hydrogens (tertiary/aromatic N) is 2. The average molecular weight is 363 g/mol. The van der Waals surface area contributed by atoms with Crippen molar-refractivity contribution >= 4 is 17.2 Å². The Kier molecular flexibility index (Phi) is 5.03. The van der Waals surface area contributed by atoms with Gasteiger partial charge in [0.1, 0.15) is 6.54 Å². The molecule has 1 aromatic heterocycles. The monoisotopic (exact) mass is 362 g/mol. The SMILES string of the molecule is CC1CCC(N(C(=O)Cn2c3c(sc2=O)CCCCC3)C2CC2)CC1. The van der Waals surface area contributed by atoms with Gasteiger partial charge in [0, 0.05) is 22.7 Å². The van der Waals surface area contributed by atoms with E-state index in [0.29, 0.717) is 12.1 Å². The Labute approximate surface area is 154 Å². The minimum atomic E-state index is 0.0771. The Morgan fingerprint density at radius 1 is 1.04 bits per heavy atom. The van der Waals surface area contributed by atoms with Crippen LogP contribution in [-0.2, 0) is 24.2 Å². The lowest BCUT2D eigenvalue weighted by Crippen LogP contribution is -2.46. The van der Waals surface area contributed by atoms with Crippen LogP contribution in [0.15, 0.2) is 4.79 Å². The molecule has 0 saturated heterocycles. The second-order valence-electron chi connectivity index (χ2n) is 8.33. The molecule has 0 atom stereocenters. The smallest absolute Gasteiger partial charge is 0.308 e. The molecule has 1 amide bonds. The van der Waals surface area contributed by atoms with Gasteiger partial charge < -0.3 is 4.90 Å². The number of carbonyl (C=O) groups excluding carboxylic acids is 1. The number of amides is 1. The second kappa shape index (κ2) is 7.26. The van der Waals surface area contributed by atoms with Crippen molar-refractivity contribution in [3.8, 4) is 0 Å². The highest BCUT2D eigenvalue weighted by Gasteiger charge is 2.38. The molecule has 2 fully saturated rings. The molecular formula is C20H30N2O2S. The van der Waals surface area contributed by atoms with Gasteiger partial charge in [0.15, 0.2) is 0 Å². The van der Waals surface area contributed by atoms with E-state index in [0.717, 1.165) is 56.6 Å². The van der Waals surface area contributed by atoms with Gasteiger partial charge in [-0.25, -0.2) is 0 Å². The molecule has 138 valence electrons. The molecule has 1 heterocycles. The van der Waals surface area contributed by atoms with Crippen LogP contribution >= 0.6 is 11.3 Å². The highest BCUT2D eigenvalue weighted by Crippen LogP contribution is 2.35. The first kappa shape index (κ1) is 17.3. The van der Waals surface area contributed by atoms with Crippen molar-refractivity contribution in [3.63, 3.8) is 0 Å². The van der Waals surface area contributed by atoms with Gasteiger partial charge in [-0.3, -0.25) is 14.2 Å². The molecule has 4 nitrogen and oxygen atoms in total. The Hall–Kier alpha value is -1.10. The van der Waals surface area contributed by atoms with E-state index in [2.05, 4.69) is 11.8 Å². The Bertz CT molecular complexity index is 680. The normalized spacial score (nSPS) is 26.8. The summed E-state index contributed by atoms with van der Waals surface area (Å²) in [6.07, 6.45) is 12.6. The summed E-state index contributed by atoms with van der Waals surface area (Å²) in [6.45, 7) is 2.59. The molecule has 0 aromatic carbocycles. The molecule has 2 saturated carbocycles. The first-order valence-electron chi connectivity index (χ1n) is 10.2. The third kappa shape index (κ3) is 3.71. The zero-order chi connectivity index (χ0) is 17.4. The van der Waals surface area contributed by atoms with E-state index in [1.807, 2.05) is 4.57 Å². The van der Waals surface area contributed by atoms with Gasteiger partial charge in [-0.05, 0) is 70.1 Å². The summed E-state index contributed by atoms with van der Waals surface area (Å²) >= 11 is 1.38. The molecule has 0 spiro atoms. The lowest BCUT2D eigenvalue weighted by molar-refractivity contribution is -0.135. The Balaban J connectivity index is 1.52. The highest BCUT2D eigenvalue weighted by atomic mass is 32.1. The number of fused-ring (bicyclic) bond motifs is 1. The van der Waals surface area contributed by atoms with Gasteiger partial charge >= 0.3 is 4.87 Å². The maximum atomic E-state index is 13.2. The molecule has 5 heteroatoms. The number of thiazole rings is 1. The van der Waals surface area contributed by atoms with E-state index in [1.54, 1.807) is 0 Å². The third-order valence-electron chi connectivity index (χ3n) is 6.30. The van der Waals surface area contributed by atoms with Gasteiger partial charge in [-0.1, -0.05) is 24.7 Å². The van der Waals surface area contributed by atoms with Crippen LogP contribution in [0, 0.1) is 5.92 Å². The molecule has 25 heavy (non-hydrogen) atoms. The number of hydrogen-bond acceptors (Lipinski definition) is 3. The minimum absolute atomic E-state index is 0.0771. The molecule has 0 N–H and O–H groups in total. The number of rotatable bonds is 4. The molecule has 0 radical (unpaired) electrons. The highest BCUT2D eigenvalue weighted by molar-refractivity contribution is 7.09. The standard InChI is InChI=1S/C20H30N2O2S/c1-14-7-9-15(10-8-14)22(16-11-12-16)19(23)13-21-17-5-3-2-4-6-18(17)25-20(21)24/h14-16H,2-13H2,1H3. The van der Waals surface area contributed by atoms with Crippen molar-refractivity contribution < 1.29 is 4.79 Å². The minimum Gasteiger partial charge on any atom is -0.335 e. The van der Waals surface area contributed by atoms with Crippen LogP contribution in [0.3, 0.4) is 0 Å². The molecular weight excluding hydrogens is 332 g/mol. The van der Waals surface area contributed by atoms with Crippen LogP contribution in [0.5, 0.6) is 0 Å². The maximum absolute atomic E-state index is 13.2. The molecule has 0 aliphatic heterocycles. The summed E-state index contributed by atoms with van der Waals surface area (Å²) in [5, 5.41) is 0. The molecule has 0 unspecified atom stereocenters. The van der Waals surface area contributed by atoms with Crippen molar-refractivity contribution in [2.75, 3.05) is 0 Å². The van der Waals surface area contributed by atoms with Crippen LogP contribution in [0.2, 0.25) is 0 Å². The van der Waals surface area contributed by atoms with Gasteiger partial charge in [-0.15, -0.1) is 0 Å². The summed E-state index contributed by atoms with van der Waals surface area (Å²) < 4.78 is 1.81. The topological polar surface area (TPSA) is 42.3 Å². The molecule has 1 aromatic rings. The van der Waals surface area contributed by atoms with Gasteiger partial charge in [0.05, 0.1) is 0 Å². The first-order valence-corrected chi connectivity index (χ1v) is 11.0. The fraction of sp³-hybridized carbons (Fsp3) is 0.800. The number of aromatic nitrogens is 1. The van der Waals surface area contributed by atoms with Crippen LogP contribution in [0.25, 0.3) is 0 Å². The maximum Gasteiger partial charge on any atom is 0.308 e. The van der Waals surface area contributed by atoms with Crippen molar-refractivity contribution in [2.24, 2.45) is 5.92 Å².